The van der Waals surface area contributed by atoms with Crippen molar-refractivity contribution in [3.8, 4) is 0 Å². The van der Waals surface area contributed by atoms with Crippen LogP contribution < -0.4 is 0 Å². The van der Waals surface area contributed by atoms with Gasteiger partial charge in [0.15, 0.2) is 0 Å². The van der Waals surface area contributed by atoms with Crippen LogP contribution in [0.1, 0.15) is 30.5 Å². The summed E-state index contributed by atoms with van der Waals surface area (Å²) in [7, 11) is 0. The number of hydrogen-bond donors (Lipinski definition) is 1. The molecule has 2 aromatic rings. The van der Waals surface area contributed by atoms with Gasteiger partial charge in [0.1, 0.15) is 12.3 Å². The Morgan fingerprint density at radius 2 is 1.89 bits per heavy atom. The third-order valence-corrected chi connectivity index (χ3v) is 5.45. The summed E-state index contributed by atoms with van der Waals surface area (Å²) in [6.45, 7) is -0.356. The van der Waals surface area contributed by atoms with E-state index in [0.717, 1.165) is 47.8 Å². The number of para-hydroxylation sites is 1. The van der Waals surface area contributed by atoms with Crippen molar-refractivity contribution in [2.45, 2.75) is 57.2 Å². The number of alkyl halides is 4. The van der Waals surface area contributed by atoms with E-state index in [-0.39, 0.29) is 11.6 Å². The highest BCUT2D eigenvalue weighted by Crippen LogP contribution is 2.35. The number of aryl methyl sites for hydroxylation is 1. The van der Waals surface area contributed by atoms with Crippen LogP contribution in [0, 0.1) is 0 Å². The molecule has 28 heavy (non-hydrogen) atoms. The Kier molecular flexibility index (Phi) is 4.65. The van der Waals surface area contributed by atoms with Gasteiger partial charge in [0.25, 0.3) is 18.8 Å². The highest BCUT2D eigenvalue weighted by Gasteiger charge is 2.53. The lowest BCUT2D eigenvalue weighted by Crippen LogP contribution is -2.52. The zero-order valence-electron chi connectivity index (χ0n) is 14.9. The second-order valence-corrected chi connectivity index (χ2v) is 7.19. The van der Waals surface area contributed by atoms with Crippen molar-refractivity contribution < 1.29 is 27.5 Å². The fourth-order valence-corrected chi connectivity index (χ4v) is 4.12. The van der Waals surface area contributed by atoms with Gasteiger partial charge >= 0.3 is 0 Å². The summed E-state index contributed by atoms with van der Waals surface area (Å²) >= 11 is 0. The quantitative estimate of drug-likeness (QED) is 0.805. The molecule has 2 heterocycles. The van der Waals surface area contributed by atoms with E-state index in [1.807, 2.05) is 24.3 Å². The first-order valence-corrected chi connectivity index (χ1v) is 9.11. The van der Waals surface area contributed by atoms with E-state index in [9.17, 15) is 27.5 Å². The van der Waals surface area contributed by atoms with Gasteiger partial charge in [-0.1, -0.05) is 18.2 Å². The molecular weight excluding hydrogens is 378 g/mol. The van der Waals surface area contributed by atoms with E-state index in [1.165, 1.54) is 0 Å². The van der Waals surface area contributed by atoms with E-state index < -0.39 is 36.6 Å². The number of fused-ring (bicyclic) bond motifs is 3. The lowest BCUT2D eigenvalue weighted by molar-refractivity contribution is -0.192. The number of halogens is 4. The molecule has 1 aromatic carbocycles. The molecule has 150 valence electrons. The first-order valence-electron chi connectivity index (χ1n) is 9.11. The number of carbonyl (C=O) groups is 1. The maximum Gasteiger partial charge on any atom is 0.287 e. The Morgan fingerprint density at radius 1 is 1.18 bits per heavy atom. The van der Waals surface area contributed by atoms with Gasteiger partial charge in [-0.2, -0.15) is 10.1 Å². The predicted octanol–water partition coefficient (Wildman–Crippen LogP) is 3.33. The molecule has 0 unspecified atom stereocenters. The van der Waals surface area contributed by atoms with E-state index >= 15 is 0 Å². The molecule has 1 atom stereocenters. The van der Waals surface area contributed by atoms with Crippen molar-refractivity contribution >= 4 is 22.5 Å². The van der Waals surface area contributed by atoms with Crippen LogP contribution in [-0.4, -0.2) is 44.9 Å². The molecule has 0 spiro atoms. The minimum absolute atomic E-state index is 0.142. The molecule has 1 amide bonds. The van der Waals surface area contributed by atoms with Crippen molar-refractivity contribution in [2.24, 2.45) is 5.10 Å². The Morgan fingerprint density at radius 3 is 2.61 bits per heavy atom. The van der Waals surface area contributed by atoms with Crippen LogP contribution in [0.4, 0.5) is 17.6 Å². The minimum atomic E-state index is -3.42. The van der Waals surface area contributed by atoms with E-state index in [4.69, 9.17) is 0 Å². The smallest absolute Gasteiger partial charge is 0.287 e. The molecule has 0 radical (unpaired) electrons. The third-order valence-electron chi connectivity index (χ3n) is 5.45. The maximum atomic E-state index is 13.4. The molecule has 1 aromatic heterocycles. The minimum Gasteiger partial charge on any atom is -0.364 e. The monoisotopic (exact) mass is 397 g/mol. The molecule has 0 fully saturated rings. The number of aliphatic hydroxyl groups is 1. The number of hydrogen-bond acceptors (Lipinski definition) is 3. The molecule has 1 aliphatic carbocycles. The number of rotatable bonds is 4. The Hall–Kier alpha value is -2.42. The highest BCUT2D eigenvalue weighted by molar-refractivity contribution is 5.93. The molecule has 4 rings (SSSR count). The van der Waals surface area contributed by atoms with Gasteiger partial charge in [-0.15, -0.1) is 0 Å². The largest absolute Gasteiger partial charge is 0.364 e. The van der Waals surface area contributed by atoms with Gasteiger partial charge in [0, 0.05) is 23.0 Å². The fraction of sp³-hybridized carbons (Fsp3) is 0.474. The maximum absolute atomic E-state index is 13.4. The van der Waals surface area contributed by atoms with Gasteiger partial charge < -0.3 is 9.67 Å². The number of carbonyl (C=O) groups excluding carboxylic acids is 1. The molecule has 1 aliphatic heterocycles. The van der Waals surface area contributed by atoms with E-state index in [1.54, 1.807) is 4.57 Å². The summed E-state index contributed by atoms with van der Waals surface area (Å²) in [5.41, 5.74) is -1.13. The Balaban J connectivity index is 1.72. The predicted molar refractivity (Wildman–Crippen MR) is 94.4 cm³/mol. The number of amides is 1. The van der Waals surface area contributed by atoms with Crippen molar-refractivity contribution in [3.05, 3.63) is 35.5 Å². The average Bonchev–Trinajstić information content (AvgIpc) is 3.20. The number of hydrazone groups is 1. The average molecular weight is 397 g/mol. The summed E-state index contributed by atoms with van der Waals surface area (Å²) in [4.78, 5) is 12.8. The number of nitrogens with zero attached hydrogens (tertiary/aromatic N) is 3. The first kappa shape index (κ1) is 18.9. The lowest BCUT2D eigenvalue weighted by Gasteiger charge is -2.30. The van der Waals surface area contributed by atoms with Crippen molar-refractivity contribution in [1.29, 1.82) is 0 Å². The molecule has 2 aliphatic rings. The van der Waals surface area contributed by atoms with Crippen LogP contribution in [0.25, 0.3) is 10.9 Å². The molecule has 0 bridgehead atoms. The summed E-state index contributed by atoms with van der Waals surface area (Å²) < 4.78 is 54.5. The van der Waals surface area contributed by atoms with Crippen LogP contribution in [0.3, 0.4) is 0 Å². The van der Waals surface area contributed by atoms with E-state index in [2.05, 4.69) is 5.10 Å². The zero-order chi connectivity index (χ0) is 20.1. The Labute approximate surface area is 158 Å². The van der Waals surface area contributed by atoms with Crippen molar-refractivity contribution in [1.82, 2.24) is 9.58 Å². The summed E-state index contributed by atoms with van der Waals surface area (Å²) in [6, 6.07) is 7.47. The lowest BCUT2D eigenvalue weighted by atomic mass is 9.95. The second-order valence-electron chi connectivity index (χ2n) is 7.19. The zero-order valence-corrected chi connectivity index (χ0v) is 14.9. The van der Waals surface area contributed by atoms with Crippen molar-refractivity contribution in [2.75, 3.05) is 0 Å². The Bertz CT molecular complexity index is 956. The molecular formula is C19H19F4N3O2. The standard InChI is InChI=1S/C19H19F4N3O2/c20-17(21)13-9-19(28,18(22)23)26(24-13)16(27)10-25-14-7-3-1-5-11(14)12-6-2-4-8-15(12)25/h1,3,5,7,17-18,28H,2,4,6,8-10H2/t19-/m1/s1. The van der Waals surface area contributed by atoms with E-state index in [0.29, 0.717) is 0 Å². The number of aromatic nitrogens is 1. The van der Waals surface area contributed by atoms with Crippen molar-refractivity contribution in [3.63, 3.8) is 0 Å². The molecule has 0 saturated carbocycles. The fourth-order valence-electron chi connectivity index (χ4n) is 4.12. The number of benzene rings is 1. The summed E-state index contributed by atoms with van der Waals surface area (Å²) in [5, 5.41) is 14.7. The van der Waals surface area contributed by atoms with Gasteiger partial charge in [-0.25, -0.2) is 17.6 Å². The highest BCUT2D eigenvalue weighted by atomic mass is 19.3. The van der Waals surface area contributed by atoms with Crippen LogP contribution >= 0.6 is 0 Å². The van der Waals surface area contributed by atoms with Crippen LogP contribution in [0.5, 0.6) is 0 Å². The second kappa shape index (κ2) is 6.88. The molecule has 0 saturated heterocycles. The molecule has 9 heteroatoms. The van der Waals surface area contributed by atoms with Crippen LogP contribution in [-0.2, 0) is 24.2 Å². The normalized spacial score (nSPS) is 22.2. The van der Waals surface area contributed by atoms with Gasteiger partial charge in [0.2, 0.25) is 5.72 Å². The SMILES string of the molecule is O=C(Cn1c2c(c3ccccc31)CCCC2)N1N=C(C(F)F)C[C@@]1(O)C(F)F. The van der Waals surface area contributed by atoms with Gasteiger partial charge in [-0.3, -0.25) is 4.79 Å². The summed E-state index contributed by atoms with van der Waals surface area (Å²) in [6.07, 6.45) is -4.06. The topological polar surface area (TPSA) is 57.8 Å². The van der Waals surface area contributed by atoms with Crippen LogP contribution in [0.15, 0.2) is 29.4 Å². The first-order chi connectivity index (χ1) is 13.3. The third kappa shape index (κ3) is 2.88. The van der Waals surface area contributed by atoms with Gasteiger partial charge in [-0.05, 0) is 37.3 Å². The molecule has 1 N–H and O–H groups in total. The summed E-state index contributed by atoms with van der Waals surface area (Å²) in [5.74, 6) is -0.951. The van der Waals surface area contributed by atoms with Crippen LogP contribution in [0.2, 0.25) is 0 Å². The molecule has 5 nitrogen and oxygen atoms in total. The van der Waals surface area contributed by atoms with Gasteiger partial charge in [0.05, 0.1) is 0 Å².